The number of halogens is 10. The number of hydrogen-bond donors (Lipinski definition) is 0. The minimum Gasteiger partial charge on any atom is -0.462 e. The zero-order valence-corrected chi connectivity index (χ0v) is 26.8. The van der Waals surface area contributed by atoms with Crippen LogP contribution in [-0.4, -0.2) is 6.43 Å². The van der Waals surface area contributed by atoms with Crippen molar-refractivity contribution in [1.29, 1.82) is 0 Å². The Morgan fingerprint density at radius 3 is 2.06 bits per heavy atom. The van der Waals surface area contributed by atoms with Crippen LogP contribution < -0.4 is 9.47 Å². The average molecular weight is 713 g/mol. The van der Waals surface area contributed by atoms with Crippen molar-refractivity contribution in [3.05, 3.63) is 118 Å². The maximum atomic E-state index is 15.4. The van der Waals surface area contributed by atoms with Gasteiger partial charge in [0.1, 0.15) is 34.6 Å². The summed E-state index contributed by atoms with van der Waals surface area (Å²) in [5, 5.41) is -0.358. The molecule has 0 N–H and O–H groups in total. The largest absolute Gasteiger partial charge is 0.462 e. The van der Waals surface area contributed by atoms with Gasteiger partial charge in [-0.1, -0.05) is 43.5 Å². The average Bonchev–Trinajstić information content (AvgIpc) is 3.01. The smallest absolute Gasteiger partial charge is 0.432 e. The third kappa shape index (κ3) is 8.37. The zero-order valence-electron chi connectivity index (χ0n) is 26.0. The summed E-state index contributed by atoms with van der Waals surface area (Å²) in [7, 11) is 0. The maximum absolute atomic E-state index is 15.4. The van der Waals surface area contributed by atoms with Gasteiger partial charge in [-0.05, 0) is 96.7 Å². The Bertz CT molecular complexity index is 1790. The van der Waals surface area contributed by atoms with E-state index in [1.165, 1.54) is 24.6 Å². The van der Waals surface area contributed by atoms with Gasteiger partial charge < -0.3 is 9.47 Å². The summed E-state index contributed by atoms with van der Waals surface area (Å²) in [6.45, 7) is 2.16. The van der Waals surface area contributed by atoms with Crippen molar-refractivity contribution in [2.45, 2.75) is 63.9 Å². The van der Waals surface area contributed by atoms with E-state index in [1.54, 1.807) is 6.07 Å². The minimum atomic E-state index is -4.69. The number of ether oxygens (including phenoxy) is 2. The second kappa shape index (κ2) is 15.2. The molecule has 0 radical (unpaired) electrons. The summed E-state index contributed by atoms with van der Waals surface area (Å²) in [5.74, 6) is -7.22. The monoisotopic (exact) mass is 712 g/mol. The number of benzene rings is 4. The van der Waals surface area contributed by atoms with Crippen LogP contribution in [0.1, 0.15) is 62.5 Å². The van der Waals surface area contributed by atoms with Gasteiger partial charge in [0.05, 0.1) is 11.3 Å². The van der Waals surface area contributed by atoms with Crippen LogP contribution in [-0.2, 0) is 6.11 Å². The van der Waals surface area contributed by atoms with Crippen molar-refractivity contribution < 1.29 is 49.0 Å². The molecule has 0 atom stereocenters. The summed E-state index contributed by atoms with van der Waals surface area (Å²) in [6, 6.07) is 9.68. The SMILES string of the molecule is CCCC1CCC(c2ccc(-c3cc(F)c(-c4cc(F)c(C(F)(F)Oc5ccc(O/C=C/C(F)F)c(F)c5)c(F)c4)c(Cl)c3)c(F)c2)CC1. The van der Waals surface area contributed by atoms with Crippen LogP contribution in [0.25, 0.3) is 22.3 Å². The van der Waals surface area contributed by atoms with Crippen LogP contribution in [0.2, 0.25) is 5.02 Å². The fourth-order valence-electron chi connectivity index (χ4n) is 6.22. The van der Waals surface area contributed by atoms with E-state index in [0.29, 0.717) is 36.5 Å². The molecule has 49 heavy (non-hydrogen) atoms. The molecule has 0 heterocycles. The quantitative estimate of drug-likeness (QED) is 0.114. The van der Waals surface area contributed by atoms with Crippen LogP contribution in [0.4, 0.5) is 39.5 Å². The third-order valence-corrected chi connectivity index (χ3v) is 8.85. The van der Waals surface area contributed by atoms with Crippen LogP contribution in [0.5, 0.6) is 11.5 Å². The Hall–Kier alpha value is -4.12. The molecule has 4 aromatic rings. The highest BCUT2D eigenvalue weighted by molar-refractivity contribution is 6.33. The molecule has 1 fully saturated rings. The van der Waals surface area contributed by atoms with Crippen molar-refractivity contribution in [3.63, 3.8) is 0 Å². The van der Waals surface area contributed by atoms with Gasteiger partial charge >= 0.3 is 6.11 Å². The van der Waals surface area contributed by atoms with Crippen LogP contribution in [0.3, 0.4) is 0 Å². The topological polar surface area (TPSA) is 18.5 Å². The predicted octanol–water partition coefficient (Wildman–Crippen LogP) is 12.7. The van der Waals surface area contributed by atoms with Crippen molar-refractivity contribution in [3.8, 4) is 33.8 Å². The standard InChI is InChI=1S/C37H30ClF9O2/c1-2-3-20-4-6-21(7-5-20)22-8-10-26(28(39)15-22)23-14-27(38)35(30(41)16-23)24-17-31(42)36(32(43)18-24)37(46,47)49-25-9-11-33(29(40)19-25)48-13-12-34(44)45/h8-21,34H,2-7H2,1H3/b13-12+. The molecule has 0 amide bonds. The van der Waals surface area contributed by atoms with Crippen molar-refractivity contribution in [2.24, 2.45) is 5.92 Å². The summed E-state index contributed by atoms with van der Waals surface area (Å²) < 4.78 is 138. The van der Waals surface area contributed by atoms with E-state index < -0.39 is 69.8 Å². The van der Waals surface area contributed by atoms with Gasteiger partial charge in [0.15, 0.2) is 11.6 Å². The summed E-state index contributed by atoms with van der Waals surface area (Å²) in [4.78, 5) is 0. The number of alkyl halides is 4. The molecule has 1 aliphatic carbocycles. The summed E-state index contributed by atoms with van der Waals surface area (Å²) in [6.07, 6.45) is -0.420. The molecule has 0 unspecified atom stereocenters. The first-order valence-electron chi connectivity index (χ1n) is 15.5. The lowest BCUT2D eigenvalue weighted by Crippen LogP contribution is -2.25. The number of rotatable bonds is 11. The van der Waals surface area contributed by atoms with Crippen LogP contribution >= 0.6 is 11.6 Å². The number of allylic oxidation sites excluding steroid dienone is 1. The molecule has 5 rings (SSSR count). The third-order valence-electron chi connectivity index (χ3n) is 8.55. The van der Waals surface area contributed by atoms with Crippen molar-refractivity contribution >= 4 is 11.6 Å². The molecular formula is C37H30ClF9O2. The van der Waals surface area contributed by atoms with Gasteiger partial charge in [-0.15, -0.1) is 0 Å². The molecule has 0 bridgehead atoms. The maximum Gasteiger partial charge on any atom is 0.432 e. The lowest BCUT2D eigenvalue weighted by Gasteiger charge is -2.28. The molecule has 1 aliphatic rings. The molecule has 4 aromatic carbocycles. The fraction of sp³-hybridized carbons (Fsp3) is 0.297. The van der Waals surface area contributed by atoms with Gasteiger partial charge in [-0.25, -0.2) is 30.7 Å². The van der Waals surface area contributed by atoms with Crippen molar-refractivity contribution in [2.75, 3.05) is 0 Å². The molecule has 0 aliphatic heterocycles. The lowest BCUT2D eigenvalue weighted by atomic mass is 9.77. The van der Waals surface area contributed by atoms with Gasteiger partial charge in [0.25, 0.3) is 6.43 Å². The normalized spacial score (nSPS) is 16.8. The van der Waals surface area contributed by atoms with E-state index >= 15 is 17.6 Å². The van der Waals surface area contributed by atoms with Gasteiger partial charge in [-0.3, -0.25) is 0 Å². The van der Waals surface area contributed by atoms with Gasteiger partial charge in [-0.2, -0.15) is 8.78 Å². The van der Waals surface area contributed by atoms with E-state index in [1.807, 2.05) is 0 Å². The first-order valence-corrected chi connectivity index (χ1v) is 15.9. The molecule has 0 saturated heterocycles. The Balaban J connectivity index is 1.35. The number of hydrogen-bond acceptors (Lipinski definition) is 2. The van der Waals surface area contributed by atoms with E-state index in [0.717, 1.165) is 55.9 Å². The highest BCUT2D eigenvalue weighted by atomic mass is 35.5. The zero-order chi connectivity index (χ0) is 35.5. The Morgan fingerprint density at radius 1 is 0.796 bits per heavy atom. The first kappa shape index (κ1) is 36.2. The molecule has 2 nitrogen and oxygen atoms in total. The van der Waals surface area contributed by atoms with Gasteiger partial charge in [0, 0.05) is 23.3 Å². The fourth-order valence-corrected chi connectivity index (χ4v) is 6.54. The lowest BCUT2D eigenvalue weighted by molar-refractivity contribution is -0.189. The summed E-state index contributed by atoms with van der Waals surface area (Å²) in [5.41, 5.74) is -1.93. The Kier molecular flexibility index (Phi) is 11.2. The Morgan fingerprint density at radius 2 is 1.47 bits per heavy atom. The van der Waals surface area contributed by atoms with Crippen molar-refractivity contribution in [1.82, 2.24) is 0 Å². The van der Waals surface area contributed by atoms with E-state index in [2.05, 4.69) is 16.4 Å². The highest BCUT2D eigenvalue weighted by Gasteiger charge is 2.41. The highest BCUT2D eigenvalue weighted by Crippen LogP contribution is 2.42. The second-order valence-electron chi connectivity index (χ2n) is 11.9. The van der Waals surface area contributed by atoms with E-state index in [-0.39, 0.29) is 22.1 Å². The molecule has 0 aromatic heterocycles. The van der Waals surface area contributed by atoms with E-state index in [4.69, 9.17) is 11.6 Å². The predicted molar refractivity (Wildman–Crippen MR) is 168 cm³/mol. The van der Waals surface area contributed by atoms with Crippen LogP contribution in [0, 0.1) is 35.0 Å². The molecule has 0 spiro atoms. The Labute approximate surface area is 282 Å². The van der Waals surface area contributed by atoms with Gasteiger partial charge in [0.2, 0.25) is 0 Å². The first-order chi connectivity index (χ1) is 23.3. The molecule has 12 heteroatoms. The minimum absolute atomic E-state index is 0.0564. The molecular weight excluding hydrogens is 683 g/mol. The summed E-state index contributed by atoms with van der Waals surface area (Å²) >= 11 is 6.31. The second-order valence-corrected chi connectivity index (χ2v) is 12.3. The molecule has 260 valence electrons. The molecule has 1 saturated carbocycles. The van der Waals surface area contributed by atoms with Crippen LogP contribution in [0.15, 0.2) is 73.0 Å². The van der Waals surface area contributed by atoms with E-state index in [9.17, 15) is 22.0 Å².